The summed E-state index contributed by atoms with van der Waals surface area (Å²) in [5, 5.41) is 0. The standard InChI is InChI=1S/C6H12Cl3N/c1-3-10(4-2)5-6(7,8)9/h3-5H2,1-2H3. The minimum atomic E-state index is -1.13. The van der Waals surface area contributed by atoms with Crippen LogP contribution < -0.4 is 0 Å². The molecule has 0 rings (SSSR count). The molecular formula is C6H12Cl3N. The van der Waals surface area contributed by atoms with Gasteiger partial charge in [-0.25, -0.2) is 0 Å². The molecule has 0 atom stereocenters. The summed E-state index contributed by atoms with van der Waals surface area (Å²) < 4.78 is -1.13. The molecule has 0 aliphatic rings. The predicted octanol–water partition coefficient (Wildman–Crippen LogP) is 2.70. The Morgan fingerprint density at radius 3 is 1.60 bits per heavy atom. The van der Waals surface area contributed by atoms with Gasteiger partial charge in [-0.3, -0.25) is 4.90 Å². The highest BCUT2D eigenvalue weighted by molar-refractivity contribution is 6.67. The zero-order chi connectivity index (χ0) is 8.20. The van der Waals surface area contributed by atoms with E-state index in [0.29, 0.717) is 6.54 Å². The molecule has 0 aliphatic carbocycles. The molecule has 1 nitrogen and oxygen atoms in total. The second-order valence-corrected chi connectivity index (χ2v) is 4.59. The van der Waals surface area contributed by atoms with Gasteiger partial charge in [-0.1, -0.05) is 48.7 Å². The average molecular weight is 205 g/mol. The van der Waals surface area contributed by atoms with Crippen LogP contribution in [0, 0.1) is 0 Å². The van der Waals surface area contributed by atoms with Crippen molar-refractivity contribution in [2.24, 2.45) is 0 Å². The SMILES string of the molecule is CCN(CC)CC(Cl)(Cl)Cl. The van der Waals surface area contributed by atoms with Crippen molar-refractivity contribution >= 4 is 34.8 Å². The van der Waals surface area contributed by atoms with Gasteiger partial charge < -0.3 is 0 Å². The molecule has 10 heavy (non-hydrogen) atoms. The molecule has 0 aromatic rings. The molecule has 0 aromatic heterocycles. The minimum absolute atomic E-state index is 0.505. The van der Waals surface area contributed by atoms with Gasteiger partial charge in [0, 0.05) is 6.54 Å². The Morgan fingerprint density at radius 1 is 1.10 bits per heavy atom. The number of halogens is 3. The van der Waals surface area contributed by atoms with E-state index in [1.54, 1.807) is 0 Å². The number of alkyl halides is 3. The number of hydrogen-bond acceptors (Lipinski definition) is 1. The fraction of sp³-hybridized carbons (Fsp3) is 1.00. The van der Waals surface area contributed by atoms with E-state index in [9.17, 15) is 0 Å². The van der Waals surface area contributed by atoms with Crippen molar-refractivity contribution < 1.29 is 0 Å². The topological polar surface area (TPSA) is 3.24 Å². The van der Waals surface area contributed by atoms with Crippen LogP contribution in [0.25, 0.3) is 0 Å². The highest BCUT2D eigenvalue weighted by Crippen LogP contribution is 2.26. The van der Waals surface area contributed by atoms with Crippen LogP contribution in [0.15, 0.2) is 0 Å². The van der Waals surface area contributed by atoms with Crippen molar-refractivity contribution in [1.82, 2.24) is 4.90 Å². The maximum Gasteiger partial charge on any atom is 0.203 e. The monoisotopic (exact) mass is 203 g/mol. The number of nitrogens with zero attached hydrogens (tertiary/aromatic N) is 1. The Morgan fingerprint density at radius 2 is 1.50 bits per heavy atom. The molecule has 62 valence electrons. The Balaban J connectivity index is 3.63. The summed E-state index contributed by atoms with van der Waals surface area (Å²) in [6.07, 6.45) is 0. The molecule has 0 saturated carbocycles. The van der Waals surface area contributed by atoms with E-state index >= 15 is 0 Å². The van der Waals surface area contributed by atoms with Crippen molar-refractivity contribution in [3.8, 4) is 0 Å². The zero-order valence-corrected chi connectivity index (χ0v) is 8.47. The summed E-state index contributed by atoms with van der Waals surface area (Å²) in [5.41, 5.74) is 0. The van der Waals surface area contributed by atoms with Crippen LogP contribution in [0.1, 0.15) is 13.8 Å². The molecule has 0 fully saturated rings. The van der Waals surface area contributed by atoms with E-state index in [1.165, 1.54) is 0 Å². The fourth-order valence-corrected chi connectivity index (χ4v) is 1.21. The molecule has 0 spiro atoms. The van der Waals surface area contributed by atoms with Gasteiger partial charge in [0.1, 0.15) is 0 Å². The Hall–Kier alpha value is 0.830. The molecule has 4 heteroatoms. The molecular weight excluding hydrogens is 192 g/mol. The first-order valence-electron chi connectivity index (χ1n) is 3.28. The first-order chi connectivity index (χ1) is 4.49. The number of hydrogen-bond donors (Lipinski definition) is 0. The predicted molar refractivity (Wildman–Crippen MR) is 48.1 cm³/mol. The first kappa shape index (κ1) is 10.8. The number of rotatable bonds is 3. The van der Waals surface area contributed by atoms with Crippen LogP contribution in [-0.4, -0.2) is 28.3 Å². The van der Waals surface area contributed by atoms with E-state index in [0.717, 1.165) is 13.1 Å². The quantitative estimate of drug-likeness (QED) is 0.639. The molecule has 0 unspecified atom stereocenters. The molecule has 0 aliphatic heterocycles. The van der Waals surface area contributed by atoms with Crippen molar-refractivity contribution in [3.63, 3.8) is 0 Å². The van der Waals surface area contributed by atoms with Crippen molar-refractivity contribution in [2.75, 3.05) is 19.6 Å². The van der Waals surface area contributed by atoms with E-state index in [-0.39, 0.29) is 0 Å². The van der Waals surface area contributed by atoms with Crippen LogP contribution in [0.2, 0.25) is 0 Å². The van der Waals surface area contributed by atoms with Gasteiger partial charge in [0.05, 0.1) is 0 Å². The van der Waals surface area contributed by atoms with E-state index in [4.69, 9.17) is 34.8 Å². The Labute approximate surface area is 77.2 Å². The van der Waals surface area contributed by atoms with Gasteiger partial charge in [0.2, 0.25) is 3.79 Å². The molecule has 0 bridgehead atoms. The molecule has 0 amide bonds. The van der Waals surface area contributed by atoms with E-state index in [2.05, 4.69) is 4.90 Å². The summed E-state index contributed by atoms with van der Waals surface area (Å²) >= 11 is 16.7. The minimum Gasteiger partial charge on any atom is -0.300 e. The molecule has 0 N–H and O–H groups in total. The van der Waals surface area contributed by atoms with Crippen LogP contribution in [-0.2, 0) is 0 Å². The summed E-state index contributed by atoms with van der Waals surface area (Å²) in [6.45, 7) is 6.43. The van der Waals surface area contributed by atoms with Crippen LogP contribution >= 0.6 is 34.8 Å². The molecule has 0 heterocycles. The lowest BCUT2D eigenvalue weighted by Crippen LogP contribution is -2.31. The van der Waals surface area contributed by atoms with Crippen LogP contribution in [0.5, 0.6) is 0 Å². The van der Waals surface area contributed by atoms with Gasteiger partial charge in [-0.15, -0.1) is 0 Å². The lowest BCUT2D eigenvalue weighted by Gasteiger charge is -2.22. The van der Waals surface area contributed by atoms with Gasteiger partial charge in [0.25, 0.3) is 0 Å². The lowest BCUT2D eigenvalue weighted by atomic mass is 10.5. The Kier molecular flexibility index (Phi) is 5.04. The second-order valence-electron chi connectivity index (χ2n) is 2.08. The van der Waals surface area contributed by atoms with Gasteiger partial charge in [-0.2, -0.15) is 0 Å². The molecule has 0 saturated heterocycles. The third-order valence-electron chi connectivity index (χ3n) is 1.30. The van der Waals surface area contributed by atoms with Crippen LogP contribution in [0.3, 0.4) is 0 Å². The summed E-state index contributed by atoms with van der Waals surface area (Å²) in [6, 6.07) is 0. The summed E-state index contributed by atoms with van der Waals surface area (Å²) in [4.78, 5) is 2.06. The molecule has 0 aromatic carbocycles. The van der Waals surface area contributed by atoms with Gasteiger partial charge >= 0.3 is 0 Å². The van der Waals surface area contributed by atoms with Crippen molar-refractivity contribution in [3.05, 3.63) is 0 Å². The first-order valence-corrected chi connectivity index (χ1v) is 4.42. The van der Waals surface area contributed by atoms with E-state index < -0.39 is 3.79 Å². The smallest absolute Gasteiger partial charge is 0.203 e. The third kappa shape index (κ3) is 5.60. The third-order valence-corrected chi connectivity index (χ3v) is 1.66. The maximum absolute atomic E-state index is 5.57. The van der Waals surface area contributed by atoms with Gasteiger partial charge in [-0.05, 0) is 13.1 Å². The van der Waals surface area contributed by atoms with Crippen molar-refractivity contribution in [2.45, 2.75) is 17.6 Å². The Bertz CT molecular complexity index is 85.5. The highest BCUT2D eigenvalue weighted by Gasteiger charge is 2.21. The summed E-state index contributed by atoms with van der Waals surface area (Å²) in [7, 11) is 0. The van der Waals surface area contributed by atoms with Crippen molar-refractivity contribution in [1.29, 1.82) is 0 Å². The normalized spacial score (nSPS) is 12.6. The average Bonchev–Trinajstić information content (AvgIpc) is 1.81. The van der Waals surface area contributed by atoms with E-state index in [1.807, 2.05) is 13.8 Å². The second kappa shape index (κ2) is 4.66. The fourth-order valence-electron chi connectivity index (χ4n) is 0.701. The lowest BCUT2D eigenvalue weighted by molar-refractivity contribution is 0.311. The maximum atomic E-state index is 5.57. The largest absolute Gasteiger partial charge is 0.300 e. The summed E-state index contributed by atoms with van der Waals surface area (Å²) in [5.74, 6) is 0. The van der Waals surface area contributed by atoms with Gasteiger partial charge in [0.15, 0.2) is 0 Å². The van der Waals surface area contributed by atoms with Crippen LogP contribution in [0.4, 0.5) is 0 Å². The molecule has 0 radical (unpaired) electrons. The highest BCUT2D eigenvalue weighted by atomic mass is 35.6. The zero-order valence-electron chi connectivity index (χ0n) is 6.20.